The first-order chi connectivity index (χ1) is 10.1. The molecular weight excluding hydrogens is 288 g/mol. The number of likely N-dealkylation sites (tertiary alicyclic amines) is 2. The molecule has 114 valence electrons. The van der Waals surface area contributed by atoms with Gasteiger partial charge in [-0.15, -0.1) is 0 Å². The van der Waals surface area contributed by atoms with Crippen molar-refractivity contribution in [1.82, 2.24) is 9.80 Å². The van der Waals surface area contributed by atoms with Crippen molar-refractivity contribution < 1.29 is 9.90 Å². The Labute approximate surface area is 130 Å². The molecule has 2 aliphatic heterocycles. The van der Waals surface area contributed by atoms with Crippen LogP contribution in [0.25, 0.3) is 0 Å². The third-order valence-electron chi connectivity index (χ3n) is 4.54. The molecule has 1 N–H and O–H groups in total. The van der Waals surface area contributed by atoms with Gasteiger partial charge in [0.25, 0.3) is 0 Å². The fourth-order valence-corrected chi connectivity index (χ4v) is 3.56. The fraction of sp³-hybridized carbons (Fsp3) is 0.562. The average Bonchev–Trinajstić information content (AvgIpc) is 2.90. The molecule has 0 saturated carbocycles. The Kier molecular flexibility index (Phi) is 4.36. The number of carbonyl (C=O) groups excluding carboxylic acids is 1. The van der Waals surface area contributed by atoms with E-state index >= 15 is 0 Å². The minimum absolute atomic E-state index is 0.302. The molecule has 0 bridgehead atoms. The van der Waals surface area contributed by atoms with Crippen LogP contribution < -0.4 is 0 Å². The van der Waals surface area contributed by atoms with Crippen molar-refractivity contribution in [3.8, 4) is 5.75 Å². The number of amides is 1. The lowest BCUT2D eigenvalue weighted by Gasteiger charge is -2.36. The second kappa shape index (κ2) is 6.24. The predicted molar refractivity (Wildman–Crippen MR) is 82.4 cm³/mol. The fourth-order valence-electron chi connectivity index (χ4n) is 3.37. The quantitative estimate of drug-likeness (QED) is 0.933. The van der Waals surface area contributed by atoms with E-state index in [-0.39, 0.29) is 0 Å². The van der Waals surface area contributed by atoms with Crippen molar-refractivity contribution in [2.24, 2.45) is 0 Å². The van der Waals surface area contributed by atoms with E-state index in [1.54, 1.807) is 12.1 Å². The molecule has 5 heteroatoms. The van der Waals surface area contributed by atoms with Gasteiger partial charge in [-0.25, -0.2) is 0 Å². The van der Waals surface area contributed by atoms with Crippen molar-refractivity contribution in [2.75, 3.05) is 19.6 Å². The summed E-state index contributed by atoms with van der Waals surface area (Å²) in [5.74, 6) is 0.622. The number of piperidine rings is 1. The molecule has 0 radical (unpaired) electrons. The first-order valence-electron chi connectivity index (χ1n) is 7.63. The number of rotatable bonds is 3. The van der Waals surface area contributed by atoms with E-state index < -0.39 is 0 Å². The van der Waals surface area contributed by atoms with Crippen LogP contribution in [-0.4, -0.2) is 46.5 Å². The zero-order chi connectivity index (χ0) is 14.8. The van der Waals surface area contributed by atoms with Crippen LogP contribution in [0.1, 0.15) is 31.2 Å². The zero-order valence-electron chi connectivity index (χ0n) is 12.1. The van der Waals surface area contributed by atoms with Gasteiger partial charge in [0, 0.05) is 49.2 Å². The van der Waals surface area contributed by atoms with Crippen LogP contribution in [0.2, 0.25) is 5.02 Å². The number of phenolic OH excluding ortho intramolecular Hbond substituents is 1. The Bertz CT molecular complexity index is 527. The summed E-state index contributed by atoms with van der Waals surface area (Å²) in [6.07, 6.45) is 3.77. The SMILES string of the molecule is O=C1CCCN1C1CCN(Cc2cc(Cl)ccc2O)CC1. The van der Waals surface area contributed by atoms with Crippen molar-refractivity contribution >= 4 is 17.5 Å². The molecule has 0 atom stereocenters. The number of halogens is 1. The van der Waals surface area contributed by atoms with E-state index in [4.69, 9.17) is 11.6 Å². The van der Waals surface area contributed by atoms with Gasteiger partial charge in [-0.05, 0) is 37.5 Å². The van der Waals surface area contributed by atoms with E-state index in [0.29, 0.717) is 29.3 Å². The number of hydrogen-bond acceptors (Lipinski definition) is 3. The topological polar surface area (TPSA) is 43.8 Å². The summed E-state index contributed by atoms with van der Waals surface area (Å²) >= 11 is 5.99. The molecule has 0 aromatic heterocycles. The van der Waals surface area contributed by atoms with E-state index in [1.807, 2.05) is 6.07 Å². The standard InChI is InChI=1S/C16H21ClN2O2/c17-13-3-4-15(20)12(10-13)11-18-8-5-14(6-9-18)19-7-1-2-16(19)21/h3-4,10,14,20H,1-2,5-9,11H2. The normalized spacial score (nSPS) is 21.2. The molecule has 1 aromatic rings. The first-order valence-corrected chi connectivity index (χ1v) is 8.00. The average molecular weight is 309 g/mol. The molecule has 1 aromatic carbocycles. The Hall–Kier alpha value is -1.26. The van der Waals surface area contributed by atoms with Gasteiger partial charge < -0.3 is 10.0 Å². The van der Waals surface area contributed by atoms with Crippen molar-refractivity contribution in [1.29, 1.82) is 0 Å². The van der Waals surface area contributed by atoms with E-state index in [9.17, 15) is 9.90 Å². The van der Waals surface area contributed by atoms with Gasteiger partial charge in [0.15, 0.2) is 0 Å². The van der Waals surface area contributed by atoms with Crippen LogP contribution >= 0.6 is 11.6 Å². The van der Waals surface area contributed by atoms with Crippen molar-refractivity contribution in [3.63, 3.8) is 0 Å². The molecule has 21 heavy (non-hydrogen) atoms. The number of nitrogens with zero attached hydrogens (tertiary/aromatic N) is 2. The molecule has 0 aliphatic carbocycles. The molecule has 2 fully saturated rings. The maximum atomic E-state index is 11.8. The molecule has 0 unspecified atom stereocenters. The van der Waals surface area contributed by atoms with Gasteiger partial charge >= 0.3 is 0 Å². The Morgan fingerprint density at radius 3 is 2.67 bits per heavy atom. The van der Waals surface area contributed by atoms with Crippen LogP contribution in [0, 0.1) is 0 Å². The summed E-state index contributed by atoms with van der Waals surface area (Å²) in [7, 11) is 0. The Balaban J connectivity index is 1.56. The zero-order valence-corrected chi connectivity index (χ0v) is 12.9. The van der Waals surface area contributed by atoms with Crippen molar-refractivity contribution in [2.45, 2.75) is 38.3 Å². The van der Waals surface area contributed by atoms with E-state index in [2.05, 4.69) is 9.80 Å². The number of hydrogen-bond donors (Lipinski definition) is 1. The highest BCUT2D eigenvalue weighted by molar-refractivity contribution is 6.30. The largest absolute Gasteiger partial charge is 0.508 e. The van der Waals surface area contributed by atoms with E-state index in [0.717, 1.165) is 50.9 Å². The number of phenols is 1. The summed E-state index contributed by atoms with van der Waals surface area (Å²) in [4.78, 5) is 16.2. The van der Waals surface area contributed by atoms with Crippen LogP contribution in [0.5, 0.6) is 5.75 Å². The summed E-state index contributed by atoms with van der Waals surface area (Å²) in [5.41, 5.74) is 0.873. The highest BCUT2D eigenvalue weighted by Crippen LogP contribution is 2.26. The third-order valence-corrected chi connectivity index (χ3v) is 4.78. The lowest BCUT2D eigenvalue weighted by Crippen LogP contribution is -2.45. The number of aromatic hydroxyl groups is 1. The summed E-state index contributed by atoms with van der Waals surface area (Å²) < 4.78 is 0. The van der Waals surface area contributed by atoms with Crippen LogP contribution in [0.4, 0.5) is 0 Å². The van der Waals surface area contributed by atoms with Crippen LogP contribution in [-0.2, 0) is 11.3 Å². The smallest absolute Gasteiger partial charge is 0.222 e. The van der Waals surface area contributed by atoms with Gasteiger partial charge in [-0.1, -0.05) is 11.6 Å². The molecule has 3 rings (SSSR count). The van der Waals surface area contributed by atoms with Crippen molar-refractivity contribution in [3.05, 3.63) is 28.8 Å². The van der Waals surface area contributed by atoms with Gasteiger partial charge in [-0.3, -0.25) is 9.69 Å². The number of carbonyl (C=O) groups is 1. The number of benzene rings is 1. The molecule has 1 amide bonds. The molecule has 2 heterocycles. The third kappa shape index (κ3) is 3.33. The predicted octanol–water partition coefficient (Wildman–Crippen LogP) is 2.63. The molecule has 0 spiro atoms. The second-order valence-electron chi connectivity index (χ2n) is 5.97. The lowest BCUT2D eigenvalue weighted by atomic mass is 10.0. The second-order valence-corrected chi connectivity index (χ2v) is 6.41. The Morgan fingerprint density at radius 2 is 2.00 bits per heavy atom. The van der Waals surface area contributed by atoms with E-state index in [1.165, 1.54) is 0 Å². The van der Waals surface area contributed by atoms with Gasteiger partial charge in [-0.2, -0.15) is 0 Å². The minimum Gasteiger partial charge on any atom is -0.508 e. The van der Waals surface area contributed by atoms with Gasteiger partial charge in [0.2, 0.25) is 5.91 Å². The van der Waals surface area contributed by atoms with Gasteiger partial charge in [0.1, 0.15) is 5.75 Å². The molecular formula is C16H21ClN2O2. The molecule has 2 aliphatic rings. The van der Waals surface area contributed by atoms with Crippen LogP contribution in [0.15, 0.2) is 18.2 Å². The molecule has 2 saturated heterocycles. The summed E-state index contributed by atoms with van der Waals surface area (Å²) in [5, 5.41) is 10.5. The molecule has 4 nitrogen and oxygen atoms in total. The summed E-state index contributed by atoms with van der Waals surface area (Å²) in [6, 6.07) is 5.58. The van der Waals surface area contributed by atoms with Gasteiger partial charge in [0.05, 0.1) is 0 Å². The Morgan fingerprint density at radius 1 is 1.24 bits per heavy atom. The highest BCUT2D eigenvalue weighted by atomic mass is 35.5. The summed E-state index contributed by atoms with van der Waals surface area (Å²) in [6.45, 7) is 3.56. The maximum absolute atomic E-state index is 11.8. The minimum atomic E-state index is 0.302. The first kappa shape index (κ1) is 14.7. The monoisotopic (exact) mass is 308 g/mol. The highest BCUT2D eigenvalue weighted by Gasteiger charge is 2.30. The lowest BCUT2D eigenvalue weighted by molar-refractivity contribution is -0.130. The maximum Gasteiger partial charge on any atom is 0.222 e. The van der Waals surface area contributed by atoms with Crippen LogP contribution in [0.3, 0.4) is 0 Å².